The average Bonchev–Trinajstić information content (AvgIpc) is 3.12. The maximum atomic E-state index is 5.71. The van der Waals surface area contributed by atoms with Crippen molar-refractivity contribution in [2.24, 2.45) is 10.9 Å². The number of hydrogen-bond acceptors (Lipinski definition) is 3. The molecule has 1 N–H and O–H groups in total. The first kappa shape index (κ1) is 23.2. The Hall–Kier alpha value is -0.860. The molecule has 0 saturated carbocycles. The van der Waals surface area contributed by atoms with Gasteiger partial charge in [0.2, 0.25) is 0 Å². The van der Waals surface area contributed by atoms with Gasteiger partial charge in [-0.15, -0.1) is 24.0 Å². The highest BCUT2D eigenvalue weighted by atomic mass is 127. The Kier molecular flexibility index (Phi) is 11.9. The molecule has 6 heteroatoms. The van der Waals surface area contributed by atoms with Gasteiger partial charge in [0, 0.05) is 39.3 Å². The zero-order valence-corrected chi connectivity index (χ0v) is 18.7. The molecule has 0 bridgehead atoms. The van der Waals surface area contributed by atoms with E-state index in [1.807, 2.05) is 0 Å². The molecule has 2 rings (SSSR count). The maximum absolute atomic E-state index is 5.71. The van der Waals surface area contributed by atoms with Crippen molar-refractivity contribution in [2.45, 2.75) is 39.8 Å². The van der Waals surface area contributed by atoms with Gasteiger partial charge in [-0.05, 0) is 30.9 Å². The minimum atomic E-state index is 0. The van der Waals surface area contributed by atoms with Crippen LogP contribution in [0.2, 0.25) is 0 Å². The number of aliphatic imine (C=N–C) groups is 1. The fourth-order valence-corrected chi connectivity index (χ4v) is 3.01. The van der Waals surface area contributed by atoms with Gasteiger partial charge < -0.3 is 19.7 Å². The van der Waals surface area contributed by atoms with E-state index in [0.717, 1.165) is 51.7 Å². The molecule has 0 aromatic heterocycles. The van der Waals surface area contributed by atoms with Crippen molar-refractivity contribution in [3.05, 3.63) is 35.4 Å². The van der Waals surface area contributed by atoms with Crippen LogP contribution in [0.4, 0.5) is 0 Å². The van der Waals surface area contributed by atoms with Crippen molar-refractivity contribution in [3.8, 4) is 0 Å². The Balaban J connectivity index is 0.00000338. The lowest BCUT2D eigenvalue weighted by molar-refractivity contribution is 0.121. The average molecular weight is 475 g/mol. The van der Waals surface area contributed by atoms with Crippen LogP contribution < -0.4 is 5.32 Å². The summed E-state index contributed by atoms with van der Waals surface area (Å²) in [5, 5.41) is 3.40. The fraction of sp³-hybridized carbons (Fsp3) is 0.650. The summed E-state index contributed by atoms with van der Waals surface area (Å²) in [6.07, 6.45) is 2.18. The van der Waals surface area contributed by atoms with E-state index >= 15 is 0 Å². The smallest absolute Gasteiger partial charge is 0.193 e. The van der Waals surface area contributed by atoms with Gasteiger partial charge in [0.05, 0.1) is 19.8 Å². The molecule has 1 aromatic carbocycles. The lowest BCUT2D eigenvalue weighted by Gasteiger charge is -2.24. The third kappa shape index (κ3) is 7.80. The molecule has 5 nitrogen and oxygen atoms in total. The summed E-state index contributed by atoms with van der Waals surface area (Å²) in [5.74, 6) is 1.56. The second-order valence-corrected chi connectivity index (χ2v) is 6.60. The lowest BCUT2D eigenvalue weighted by atomic mass is 10.1. The first-order chi connectivity index (χ1) is 12.2. The predicted octanol–water partition coefficient (Wildman–Crippen LogP) is 3.67. The van der Waals surface area contributed by atoms with E-state index in [9.17, 15) is 0 Å². The van der Waals surface area contributed by atoms with E-state index in [1.54, 1.807) is 0 Å². The van der Waals surface area contributed by atoms with Crippen LogP contribution in [-0.2, 0) is 22.6 Å². The van der Waals surface area contributed by atoms with Crippen LogP contribution >= 0.6 is 24.0 Å². The number of nitrogens with zero attached hydrogens (tertiary/aromatic N) is 2. The van der Waals surface area contributed by atoms with Crippen molar-refractivity contribution in [3.63, 3.8) is 0 Å². The number of halogens is 1. The highest BCUT2D eigenvalue weighted by Crippen LogP contribution is 2.14. The molecule has 1 aromatic rings. The number of nitrogens with one attached hydrogen (secondary N) is 1. The first-order valence-corrected chi connectivity index (χ1v) is 9.46. The van der Waals surface area contributed by atoms with Crippen molar-refractivity contribution in [1.29, 1.82) is 0 Å². The summed E-state index contributed by atoms with van der Waals surface area (Å²) in [7, 11) is 2.11. The zero-order valence-electron chi connectivity index (χ0n) is 16.4. The van der Waals surface area contributed by atoms with Crippen LogP contribution in [0.15, 0.2) is 29.3 Å². The van der Waals surface area contributed by atoms with Crippen LogP contribution in [0.3, 0.4) is 0 Å². The quantitative estimate of drug-likeness (QED) is 0.256. The normalized spacial score (nSPS) is 17.0. The summed E-state index contributed by atoms with van der Waals surface area (Å²) in [4.78, 5) is 7.07. The third-order valence-corrected chi connectivity index (χ3v) is 4.38. The van der Waals surface area contributed by atoms with Gasteiger partial charge in [-0.25, -0.2) is 4.99 Å². The second-order valence-electron chi connectivity index (χ2n) is 6.60. The van der Waals surface area contributed by atoms with Crippen LogP contribution in [0.1, 0.15) is 37.8 Å². The van der Waals surface area contributed by atoms with Gasteiger partial charge in [-0.2, -0.15) is 0 Å². The van der Waals surface area contributed by atoms with Gasteiger partial charge in [-0.1, -0.05) is 31.2 Å². The van der Waals surface area contributed by atoms with E-state index < -0.39 is 0 Å². The Morgan fingerprint density at radius 1 is 1.31 bits per heavy atom. The van der Waals surface area contributed by atoms with Crippen LogP contribution in [0, 0.1) is 5.92 Å². The molecule has 0 spiro atoms. The summed E-state index contributed by atoms with van der Waals surface area (Å²) < 4.78 is 11.2. The maximum Gasteiger partial charge on any atom is 0.193 e. The fourth-order valence-electron chi connectivity index (χ4n) is 3.01. The van der Waals surface area contributed by atoms with E-state index in [-0.39, 0.29) is 24.0 Å². The Morgan fingerprint density at radius 3 is 2.73 bits per heavy atom. The van der Waals surface area contributed by atoms with Crippen LogP contribution in [0.25, 0.3) is 0 Å². The molecule has 0 amide bonds. The molecule has 1 aliphatic rings. The highest BCUT2D eigenvalue weighted by molar-refractivity contribution is 14.0. The van der Waals surface area contributed by atoms with Gasteiger partial charge in [0.1, 0.15) is 0 Å². The number of guanidine groups is 1. The summed E-state index contributed by atoms with van der Waals surface area (Å²) in [5.41, 5.74) is 2.45. The van der Waals surface area contributed by atoms with Gasteiger partial charge in [0.25, 0.3) is 0 Å². The first-order valence-electron chi connectivity index (χ1n) is 9.46. The zero-order chi connectivity index (χ0) is 17.9. The number of ether oxygens (including phenoxy) is 2. The second kappa shape index (κ2) is 13.3. The topological polar surface area (TPSA) is 46.1 Å². The lowest BCUT2D eigenvalue weighted by Crippen LogP contribution is -2.41. The molecule has 0 radical (unpaired) electrons. The number of hydrogen-bond donors (Lipinski definition) is 1. The monoisotopic (exact) mass is 475 g/mol. The van der Waals surface area contributed by atoms with Crippen molar-refractivity contribution >= 4 is 29.9 Å². The largest absolute Gasteiger partial charge is 0.381 e. The number of rotatable bonds is 9. The molecule has 1 aliphatic heterocycles. The molecular weight excluding hydrogens is 441 g/mol. The predicted molar refractivity (Wildman–Crippen MR) is 118 cm³/mol. The minimum absolute atomic E-state index is 0. The molecule has 1 saturated heterocycles. The van der Waals surface area contributed by atoms with Crippen LogP contribution in [0.5, 0.6) is 0 Å². The summed E-state index contributed by atoms with van der Waals surface area (Å²) >= 11 is 0. The molecule has 148 valence electrons. The Morgan fingerprint density at radius 2 is 2.08 bits per heavy atom. The molecule has 1 atom stereocenters. The van der Waals surface area contributed by atoms with E-state index in [0.29, 0.717) is 19.1 Å². The van der Waals surface area contributed by atoms with Crippen molar-refractivity contribution in [2.75, 3.05) is 40.0 Å². The molecule has 1 unspecified atom stereocenters. The van der Waals surface area contributed by atoms with E-state index in [2.05, 4.69) is 55.4 Å². The van der Waals surface area contributed by atoms with Gasteiger partial charge >= 0.3 is 0 Å². The van der Waals surface area contributed by atoms with E-state index in [1.165, 1.54) is 11.1 Å². The molecule has 1 heterocycles. The Bertz CT molecular complexity index is 534. The SMILES string of the molecule is CCCOCc1ccccc1CN=C(NCC)N(C)CC1CCOC1.I. The summed E-state index contributed by atoms with van der Waals surface area (Å²) in [6.45, 7) is 9.95. The van der Waals surface area contributed by atoms with Crippen molar-refractivity contribution < 1.29 is 9.47 Å². The van der Waals surface area contributed by atoms with Crippen LogP contribution in [-0.4, -0.2) is 50.8 Å². The molecular formula is C20H34IN3O2. The minimum Gasteiger partial charge on any atom is -0.381 e. The summed E-state index contributed by atoms with van der Waals surface area (Å²) in [6, 6.07) is 8.41. The number of benzene rings is 1. The van der Waals surface area contributed by atoms with Gasteiger partial charge in [0.15, 0.2) is 5.96 Å². The van der Waals surface area contributed by atoms with E-state index in [4.69, 9.17) is 14.5 Å². The highest BCUT2D eigenvalue weighted by Gasteiger charge is 2.19. The van der Waals surface area contributed by atoms with Crippen molar-refractivity contribution in [1.82, 2.24) is 10.2 Å². The standard InChI is InChI=1S/C20H33N3O2.HI/c1-4-11-24-16-19-9-7-6-8-18(19)13-22-20(21-5-2)23(3)14-17-10-12-25-15-17;/h6-9,17H,4-5,10-16H2,1-3H3,(H,21,22);1H. The Labute approximate surface area is 175 Å². The molecule has 0 aliphatic carbocycles. The molecule has 1 fully saturated rings. The molecule has 26 heavy (non-hydrogen) atoms. The van der Waals surface area contributed by atoms with Gasteiger partial charge in [-0.3, -0.25) is 0 Å². The third-order valence-electron chi connectivity index (χ3n) is 4.38.